The van der Waals surface area contributed by atoms with Crippen LogP contribution in [0.15, 0.2) is 28.7 Å². The molecule has 14 heavy (non-hydrogen) atoms. The van der Waals surface area contributed by atoms with Gasteiger partial charge in [-0.15, -0.1) is 0 Å². The Hall–Kier alpha value is -0.340. The molecule has 0 amide bonds. The smallest absolute Gasteiger partial charge is 0.0175 e. The highest BCUT2D eigenvalue weighted by atomic mass is 79.9. The van der Waals surface area contributed by atoms with Crippen LogP contribution in [-0.4, -0.2) is 6.04 Å². The summed E-state index contributed by atoms with van der Waals surface area (Å²) in [6.07, 6.45) is 3.72. The second-order valence-corrected chi connectivity index (χ2v) is 5.38. The van der Waals surface area contributed by atoms with Crippen LogP contribution in [0.3, 0.4) is 0 Å². The van der Waals surface area contributed by atoms with E-state index in [2.05, 4.69) is 47.1 Å². The Morgan fingerprint density at radius 1 is 1.36 bits per heavy atom. The molecule has 2 heteroatoms. The van der Waals surface area contributed by atoms with Crippen LogP contribution in [0, 0.1) is 0 Å². The highest BCUT2D eigenvalue weighted by Crippen LogP contribution is 2.51. The van der Waals surface area contributed by atoms with Gasteiger partial charge >= 0.3 is 0 Å². The van der Waals surface area contributed by atoms with Gasteiger partial charge in [-0.2, -0.15) is 0 Å². The first-order valence-corrected chi connectivity index (χ1v) is 5.93. The van der Waals surface area contributed by atoms with E-state index in [0.717, 1.165) is 10.9 Å². The molecule has 76 valence electrons. The van der Waals surface area contributed by atoms with Crippen molar-refractivity contribution >= 4 is 15.9 Å². The van der Waals surface area contributed by atoms with Crippen molar-refractivity contribution in [3.63, 3.8) is 0 Å². The fourth-order valence-electron chi connectivity index (χ4n) is 2.18. The largest absolute Gasteiger partial charge is 0.328 e. The molecule has 0 spiro atoms. The molecule has 1 aliphatic carbocycles. The number of benzene rings is 1. The maximum Gasteiger partial charge on any atom is 0.0175 e. The molecule has 0 aliphatic heterocycles. The molecule has 0 aromatic heterocycles. The van der Waals surface area contributed by atoms with E-state index in [9.17, 15) is 0 Å². The van der Waals surface area contributed by atoms with Crippen LogP contribution in [-0.2, 0) is 5.41 Å². The Balaban J connectivity index is 2.18. The summed E-state index contributed by atoms with van der Waals surface area (Å²) in [6, 6.07) is 8.99. The van der Waals surface area contributed by atoms with Gasteiger partial charge in [-0.3, -0.25) is 0 Å². The van der Waals surface area contributed by atoms with Crippen molar-refractivity contribution < 1.29 is 0 Å². The zero-order chi connectivity index (χ0) is 10.2. The highest BCUT2D eigenvalue weighted by molar-refractivity contribution is 9.10. The first-order chi connectivity index (χ1) is 6.62. The van der Waals surface area contributed by atoms with Gasteiger partial charge in [0.25, 0.3) is 0 Å². The second-order valence-electron chi connectivity index (χ2n) is 4.47. The van der Waals surface area contributed by atoms with Gasteiger partial charge in [0.15, 0.2) is 0 Å². The van der Waals surface area contributed by atoms with Crippen molar-refractivity contribution in [3.05, 3.63) is 34.3 Å². The second kappa shape index (κ2) is 3.67. The van der Waals surface area contributed by atoms with Gasteiger partial charge in [-0.1, -0.05) is 28.1 Å². The Morgan fingerprint density at radius 3 is 2.36 bits per heavy atom. The predicted molar refractivity (Wildman–Crippen MR) is 63.3 cm³/mol. The minimum Gasteiger partial charge on any atom is -0.328 e. The van der Waals surface area contributed by atoms with Crippen molar-refractivity contribution in [2.24, 2.45) is 5.73 Å². The summed E-state index contributed by atoms with van der Waals surface area (Å²) in [5.41, 5.74) is 7.74. The standard InChI is InChI=1S/C12H16BrN/c1-9(14)8-12(6-7-12)10-2-4-11(13)5-3-10/h2-5,9H,6-8,14H2,1H3/t9-/m1/s1. The Labute approximate surface area is 93.8 Å². The van der Waals surface area contributed by atoms with E-state index in [1.165, 1.54) is 18.4 Å². The number of halogens is 1. The first-order valence-electron chi connectivity index (χ1n) is 5.14. The lowest BCUT2D eigenvalue weighted by Crippen LogP contribution is -2.22. The molecule has 1 atom stereocenters. The number of rotatable bonds is 3. The van der Waals surface area contributed by atoms with Crippen molar-refractivity contribution in [3.8, 4) is 0 Å². The minimum atomic E-state index is 0.307. The van der Waals surface area contributed by atoms with Gasteiger partial charge in [0.1, 0.15) is 0 Å². The van der Waals surface area contributed by atoms with Crippen molar-refractivity contribution in [1.29, 1.82) is 0 Å². The Kier molecular flexibility index (Phi) is 2.67. The minimum absolute atomic E-state index is 0.307. The van der Waals surface area contributed by atoms with E-state index in [1.807, 2.05) is 0 Å². The summed E-state index contributed by atoms with van der Waals surface area (Å²) < 4.78 is 1.15. The molecule has 1 aromatic carbocycles. The lowest BCUT2D eigenvalue weighted by atomic mass is 9.90. The topological polar surface area (TPSA) is 26.0 Å². The summed E-state index contributed by atoms with van der Waals surface area (Å²) in [5.74, 6) is 0. The average Bonchev–Trinajstić information content (AvgIpc) is 2.85. The molecule has 2 N–H and O–H groups in total. The number of hydrogen-bond acceptors (Lipinski definition) is 1. The summed E-state index contributed by atoms with van der Waals surface area (Å²) in [7, 11) is 0. The molecule has 0 saturated heterocycles. The number of hydrogen-bond donors (Lipinski definition) is 1. The summed E-state index contributed by atoms with van der Waals surface area (Å²) >= 11 is 3.46. The van der Waals surface area contributed by atoms with Gasteiger partial charge < -0.3 is 5.73 Å². The van der Waals surface area contributed by atoms with Crippen LogP contribution >= 0.6 is 15.9 Å². The van der Waals surface area contributed by atoms with Crippen molar-refractivity contribution in [2.75, 3.05) is 0 Å². The third kappa shape index (κ3) is 2.01. The summed E-state index contributed by atoms with van der Waals surface area (Å²) in [5, 5.41) is 0. The zero-order valence-electron chi connectivity index (χ0n) is 8.46. The zero-order valence-corrected chi connectivity index (χ0v) is 10.0. The molecule has 1 aromatic rings. The first kappa shape index (κ1) is 10.2. The molecule has 1 nitrogen and oxygen atoms in total. The molecule has 0 heterocycles. The molecule has 0 unspecified atom stereocenters. The molecule has 0 radical (unpaired) electrons. The van der Waals surface area contributed by atoms with E-state index in [0.29, 0.717) is 11.5 Å². The Morgan fingerprint density at radius 2 is 1.93 bits per heavy atom. The van der Waals surface area contributed by atoms with Crippen LogP contribution in [0.4, 0.5) is 0 Å². The molecular weight excluding hydrogens is 238 g/mol. The maximum atomic E-state index is 5.88. The Bertz CT molecular complexity index is 312. The van der Waals surface area contributed by atoms with E-state index in [4.69, 9.17) is 5.73 Å². The van der Waals surface area contributed by atoms with Gasteiger partial charge in [-0.05, 0) is 49.3 Å². The summed E-state index contributed by atoms with van der Waals surface area (Å²) in [6.45, 7) is 2.10. The third-order valence-corrected chi connectivity index (χ3v) is 3.55. The molecule has 0 bridgehead atoms. The fraction of sp³-hybridized carbons (Fsp3) is 0.500. The van der Waals surface area contributed by atoms with Crippen molar-refractivity contribution in [1.82, 2.24) is 0 Å². The lowest BCUT2D eigenvalue weighted by molar-refractivity contribution is 0.542. The number of nitrogens with two attached hydrogens (primary N) is 1. The maximum absolute atomic E-state index is 5.88. The highest BCUT2D eigenvalue weighted by Gasteiger charge is 2.44. The van der Waals surface area contributed by atoms with Crippen LogP contribution in [0.25, 0.3) is 0 Å². The predicted octanol–water partition coefficient (Wildman–Crippen LogP) is 3.22. The average molecular weight is 254 g/mol. The quantitative estimate of drug-likeness (QED) is 0.880. The monoisotopic (exact) mass is 253 g/mol. The van der Waals surface area contributed by atoms with E-state index in [-0.39, 0.29) is 0 Å². The van der Waals surface area contributed by atoms with Crippen LogP contribution < -0.4 is 5.73 Å². The van der Waals surface area contributed by atoms with Gasteiger partial charge in [-0.25, -0.2) is 0 Å². The fourth-order valence-corrected chi connectivity index (χ4v) is 2.45. The SMILES string of the molecule is C[C@@H](N)CC1(c2ccc(Br)cc2)CC1. The van der Waals surface area contributed by atoms with Crippen LogP contribution in [0.1, 0.15) is 31.7 Å². The van der Waals surface area contributed by atoms with Gasteiger partial charge in [0.2, 0.25) is 0 Å². The molecule has 1 aliphatic rings. The third-order valence-electron chi connectivity index (χ3n) is 3.02. The molecule has 2 rings (SSSR count). The van der Waals surface area contributed by atoms with Crippen LogP contribution in [0.2, 0.25) is 0 Å². The van der Waals surface area contributed by atoms with Gasteiger partial charge in [0.05, 0.1) is 0 Å². The van der Waals surface area contributed by atoms with E-state index in [1.54, 1.807) is 0 Å². The van der Waals surface area contributed by atoms with Gasteiger partial charge in [0, 0.05) is 10.5 Å². The normalized spacial score (nSPS) is 20.5. The molecular formula is C12H16BrN. The summed E-state index contributed by atoms with van der Waals surface area (Å²) in [4.78, 5) is 0. The van der Waals surface area contributed by atoms with E-state index < -0.39 is 0 Å². The van der Waals surface area contributed by atoms with Crippen molar-refractivity contribution in [2.45, 2.75) is 37.6 Å². The van der Waals surface area contributed by atoms with E-state index >= 15 is 0 Å². The lowest BCUT2D eigenvalue weighted by Gasteiger charge is -2.17. The molecule has 1 fully saturated rings. The van der Waals surface area contributed by atoms with Crippen LogP contribution in [0.5, 0.6) is 0 Å². The molecule has 1 saturated carbocycles.